The van der Waals surface area contributed by atoms with E-state index in [2.05, 4.69) is 14.9 Å². The summed E-state index contributed by atoms with van der Waals surface area (Å²) >= 11 is 5.91. The molecule has 1 N–H and O–H groups in total. The van der Waals surface area contributed by atoms with Crippen LogP contribution in [0.2, 0.25) is 5.02 Å². The molecule has 2 aromatic heterocycles. The number of halogens is 1. The predicted molar refractivity (Wildman–Crippen MR) is 129 cm³/mol. The number of aryl methyl sites for hydroxylation is 2. The molecule has 2 heterocycles. The first-order valence-electron chi connectivity index (χ1n) is 10.3. The first-order chi connectivity index (χ1) is 16.3. The summed E-state index contributed by atoms with van der Waals surface area (Å²) in [5.74, 6) is 1.41. The highest BCUT2D eigenvalue weighted by atomic mass is 35.5. The van der Waals surface area contributed by atoms with E-state index in [1.54, 1.807) is 48.5 Å². The fraction of sp³-hybridized carbons (Fsp3) is 0.217. The minimum absolute atomic E-state index is 0.0234. The van der Waals surface area contributed by atoms with Gasteiger partial charge < -0.3 is 13.9 Å². The lowest BCUT2D eigenvalue weighted by atomic mass is 10.2. The number of rotatable bonds is 9. The molecule has 0 aliphatic rings. The Balaban J connectivity index is 1.76. The van der Waals surface area contributed by atoms with Gasteiger partial charge in [0.1, 0.15) is 17.2 Å². The molecular weight excluding hydrogens is 480 g/mol. The Morgan fingerprint density at radius 2 is 1.71 bits per heavy atom. The first-order valence-corrected chi connectivity index (χ1v) is 12.3. The van der Waals surface area contributed by atoms with Crippen LogP contribution < -0.4 is 14.2 Å². The Labute approximate surface area is 202 Å². The maximum atomic E-state index is 13.0. The summed E-state index contributed by atoms with van der Waals surface area (Å²) in [6, 6.07) is 14.0. The number of furan rings is 1. The van der Waals surface area contributed by atoms with Crippen molar-refractivity contribution in [1.29, 1.82) is 0 Å². The summed E-state index contributed by atoms with van der Waals surface area (Å²) in [6.45, 7) is 1.85. The van der Waals surface area contributed by atoms with Gasteiger partial charge in [-0.1, -0.05) is 29.8 Å². The molecule has 11 heteroatoms. The molecule has 0 unspecified atom stereocenters. The summed E-state index contributed by atoms with van der Waals surface area (Å²) in [5, 5.41) is 8.94. The van der Waals surface area contributed by atoms with Crippen LogP contribution in [0.3, 0.4) is 0 Å². The number of hydrogen-bond acceptors (Lipinski definition) is 7. The summed E-state index contributed by atoms with van der Waals surface area (Å²) in [5.41, 5.74) is 2.08. The van der Waals surface area contributed by atoms with Gasteiger partial charge in [-0.3, -0.25) is 9.29 Å². The second-order valence-corrected chi connectivity index (χ2v) is 9.70. The summed E-state index contributed by atoms with van der Waals surface area (Å²) < 4.78 is 46.8. The van der Waals surface area contributed by atoms with E-state index in [9.17, 15) is 8.42 Å². The van der Waals surface area contributed by atoms with E-state index in [1.807, 2.05) is 6.92 Å². The van der Waals surface area contributed by atoms with E-state index >= 15 is 0 Å². The number of nitrogens with zero attached hydrogens (tertiary/aromatic N) is 3. The number of aromatic nitrogens is 3. The minimum atomic E-state index is -3.80. The Bertz CT molecular complexity index is 1370. The average Bonchev–Trinajstić information content (AvgIpc) is 3.43. The lowest BCUT2D eigenvalue weighted by Crippen LogP contribution is -2.21. The van der Waals surface area contributed by atoms with Crippen LogP contribution in [-0.4, -0.2) is 43.2 Å². The zero-order valence-electron chi connectivity index (χ0n) is 18.8. The van der Waals surface area contributed by atoms with Crippen LogP contribution >= 0.6 is 11.6 Å². The number of ether oxygens (including phenoxy) is 2. The maximum Gasteiger partial charge on any atom is 0.243 e. The van der Waals surface area contributed by atoms with Crippen LogP contribution in [0, 0.1) is 6.92 Å². The predicted octanol–water partition coefficient (Wildman–Crippen LogP) is 4.49. The van der Waals surface area contributed by atoms with Crippen molar-refractivity contribution in [3.63, 3.8) is 0 Å². The lowest BCUT2D eigenvalue weighted by Gasteiger charge is -2.17. The quantitative estimate of drug-likeness (QED) is 0.359. The molecule has 0 radical (unpaired) electrons. The highest BCUT2D eigenvalue weighted by Gasteiger charge is 2.26. The largest absolute Gasteiger partial charge is 0.494 e. The fourth-order valence-electron chi connectivity index (χ4n) is 3.46. The van der Waals surface area contributed by atoms with Crippen molar-refractivity contribution in [3.05, 3.63) is 70.9 Å². The lowest BCUT2D eigenvalue weighted by molar-refractivity contribution is 0.391. The molecule has 0 amide bonds. The molecule has 2 aromatic carbocycles. The normalized spacial score (nSPS) is 11.4. The van der Waals surface area contributed by atoms with Gasteiger partial charge in [0, 0.05) is 5.02 Å². The van der Waals surface area contributed by atoms with E-state index in [-0.39, 0.29) is 11.7 Å². The third-order valence-electron chi connectivity index (χ3n) is 5.17. The second kappa shape index (κ2) is 9.78. The highest BCUT2D eigenvalue weighted by Crippen LogP contribution is 2.38. The number of methoxy groups -OCH3 is 2. The van der Waals surface area contributed by atoms with Gasteiger partial charge in [-0.15, -0.1) is 10.2 Å². The summed E-state index contributed by atoms with van der Waals surface area (Å²) in [4.78, 5) is 0. The van der Waals surface area contributed by atoms with Gasteiger partial charge in [-0.2, -0.15) is 0 Å². The van der Waals surface area contributed by atoms with Crippen LogP contribution in [0.25, 0.3) is 17.3 Å². The molecule has 9 nitrogen and oxygen atoms in total. The van der Waals surface area contributed by atoms with Crippen molar-refractivity contribution < 1.29 is 22.3 Å². The molecule has 0 bridgehead atoms. The molecule has 0 saturated heterocycles. The smallest absolute Gasteiger partial charge is 0.243 e. The topological polar surface area (TPSA) is 108 Å². The third kappa shape index (κ3) is 4.87. The molecule has 0 aliphatic carbocycles. The number of para-hydroxylation sites is 1. The molecule has 0 saturated carbocycles. The van der Waals surface area contributed by atoms with Crippen molar-refractivity contribution in [1.82, 2.24) is 14.8 Å². The number of hydrogen-bond donors (Lipinski definition) is 1. The zero-order chi connectivity index (χ0) is 24.3. The molecule has 0 spiro atoms. The van der Waals surface area contributed by atoms with E-state index in [0.29, 0.717) is 40.2 Å². The number of anilines is 1. The van der Waals surface area contributed by atoms with Gasteiger partial charge in [-0.05, 0) is 54.8 Å². The minimum Gasteiger partial charge on any atom is -0.494 e. The summed E-state index contributed by atoms with van der Waals surface area (Å²) in [6.07, 6.45) is 1.82. The molecule has 34 heavy (non-hydrogen) atoms. The Morgan fingerprint density at radius 1 is 1.03 bits per heavy atom. The number of benzene rings is 2. The fourth-order valence-corrected chi connectivity index (χ4v) is 4.60. The van der Waals surface area contributed by atoms with Crippen LogP contribution in [0.5, 0.6) is 11.5 Å². The Kier molecular flexibility index (Phi) is 6.80. The van der Waals surface area contributed by atoms with Gasteiger partial charge in [0.2, 0.25) is 21.8 Å². The number of sulfonamides is 1. The second-order valence-electron chi connectivity index (χ2n) is 7.42. The van der Waals surface area contributed by atoms with E-state index in [4.69, 9.17) is 25.5 Å². The number of nitrogens with one attached hydrogen (secondary N) is 1. The summed E-state index contributed by atoms with van der Waals surface area (Å²) in [7, 11) is -0.776. The van der Waals surface area contributed by atoms with Crippen molar-refractivity contribution in [3.8, 4) is 28.8 Å². The van der Waals surface area contributed by atoms with Crippen LogP contribution in [0.4, 0.5) is 5.95 Å². The molecule has 4 aromatic rings. The Hall–Kier alpha value is -3.50. The highest BCUT2D eigenvalue weighted by molar-refractivity contribution is 7.92. The van der Waals surface area contributed by atoms with Crippen molar-refractivity contribution in [2.24, 2.45) is 0 Å². The van der Waals surface area contributed by atoms with Gasteiger partial charge in [0.15, 0.2) is 5.76 Å². The van der Waals surface area contributed by atoms with E-state index in [0.717, 1.165) is 11.1 Å². The monoisotopic (exact) mass is 502 g/mol. The van der Waals surface area contributed by atoms with Crippen molar-refractivity contribution in [2.75, 3.05) is 24.7 Å². The molecule has 178 valence electrons. The molecule has 4 rings (SSSR count). The Morgan fingerprint density at radius 3 is 2.29 bits per heavy atom. The maximum absolute atomic E-state index is 13.0. The first kappa shape index (κ1) is 23.7. The SMILES string of the molecule is COc1cccc(OC)c1-n1c(NS(=O)(=O)CCc2ccc(Cl)cc2)nnc1-c1occc1C. The van der Waals surface area contributed by atoms with Crippen LogP contribution in [-0.2, 0) is 16.4 Å². The van der Waals surface area contributed by atoms with E-state index in [1.165, 1.54) is 25.0 Å². The third-order valence-corrected chi connectivity index (χ3v) is 6.66. The van der Waals surface area contributed by atoms with Gasteiger partial charge in [-0.25, -0.2) is 8.42 Å². The molecule has 0 atom stereocenters. The van der Waals surface area contributed by atoms with Gasteiger partial charge in [0.05, 0.1) is 26.2 Å². The van der Waals surface area contributed by atoms with Crippen molar-refractivity contribution in [2.45, 2.75) is 13.3 Å². The molecule has 0 fully saturated rings. The van der Waals surface area contributed by atoms with Crippen LogP contribution in [0.15, 0.2) is 59.2 Å². The average molecular weight is 503 g/mol. The van der Waals surface area contributed by atoms with Gasteiger partial charge >= 0.3 is 0 Å². The van der Waals surface area contributed by atoms with Crippen molar-refractivity contribution >= 4 is 27.6 Å². The van der Waals surface area contributed by atoms with Gasteiger partial charge in [0.25, 0.3) is 0 Å². The molecular formula is C23H23ClN4O5S. The van der Waals surface area contributed by atoms with E-state index < -0.39 is 10.0 Å². The molecule has 0 aliphatic heterocycles. The standard InChI is InChI=1S/C23H23ClN4O5S/c1-15-11-13-33-21(15)22-25-26-23(28(22)20-18(31-2)5-4-6-19(20)32-3)27-34(29,30)14-12-16-7-9-17(24)10-8-16/h4-11,13H,12,14H2,1-3H3,(H,26,27). The zero-order valence-corrected chi connectivity index (χ0v) is 20.4. The van der Waals surface area contributed by atoms with Crippen LogP contribution in [0.1, 0.15) is 11.1 Å².